The van der Waals surface area contributed by atoms with Crippen molar-refractivity contribution < 1.29 is 14.3 Å². The van der Waals surface area contributed by atoms with Gasteiger partial charge < -0.3 is 14.4 Å². The van der Waals surface area contributed by atoms with E-state index in [9.17, 15) is 4.79 Å². The molecule has 1 aromatic carbocycles. The smallest absolute Gasteiger partial charge is 0.254 e. The van der Waals surface area contributed by atoms with Crippen molar-refractivity contribution in [2.45, 2.75) is 27.7 Å². The lowest BCUT2D eigenvalue weighted by atomic mass is 10.1. The van der Waals surface area contributed by atoms with Crippen LogP contribution in [0, 0.1) is 17.2 Å². The molecule has 0 saturated carbocycles. The Balaban J connectivity index is 3.01. The van der Waals surface area contributed by atoms with Gasteiger partial charge in [0, 0.05) is 18.7 Å². The van der Waals surface area contributed by atoms with E-state index in [1.54, 1.807) is 30.0 Å². The Bertz CT molecular complexity index is 537. The second kappa shape index (κ2) is 8.93. The molecule has 0 aliphatic heterocycles. The Morgan fingerprint density at radius 1 is 1.23 bits per heavy atom. The molecule has 0 unspecified atom stereocenters. The van der Waals surface area contributed by atoms with Gasteiger partial charge in [0.2, 0.25) is 0 Å². The highest BCUT2D eigenvalue weighted by atomic mass is 16.5. The highest BCUT2D eigenvalue weighted by Crippen LogP contribution is 2.29. The van der Waals surface area contributed by atoms with Crippen molar-refractivity contribution in [3.63, 3.8) is 0 Å². The lowest BCUT2D eigenvalue weighted by Crippen LogP contribution is -2.34. The van der Waals surface area contributed by atoms with Crippen LogP contribution < -0.4 is 9.47 Å². The number of ether oxygens (including phenoxy) is 2. The molecule has 0 spiro atoms. The zero-order valence-corrected chi connectivity index (χ0v) is 13.8. The Labute approximate surface area is 132 Å². The molecule has 0 radical (unpaired) electrons. The van der Waals surface area contributed by atoms with Gasteiger partial charge in [0.05, 0.1) is 25.2 Å². The summed E-state index contributed by atoms with van der Waals surface area (Å²) in [6.45, 7) is 9.51. The molecular weight excluding hydrogens is 280 g/mol. The first-order valence-electron chi connectivity index (χ1n) is 7.65. The predicted octanol–water partition coefficient (Wildman–Crippen LogP) is 3.11. The minimum absolute atomic E-state index is 0.103. The lowest BCUT2D eigenvalue weighted by Gasteiger charge is -2.22. The molecule has 5 nitrogen and oxygen atoms in total. The summed E-state index contributed by atoms with van der Waals surface area (Å²) in [5.41, 5.74) is 0.541. The molecule has 0 fully saturated rings. The zero-order valence-electron chi connectivity index (χ0n) is 13.8. The number of hydrogen-bond acceptors (Lipinski definition) is 4. The summed E-state index contributed by atoms with van der Waals surface area (Å²) < 4.78 is 11.0. The molecule has 1 rings (SSSR count). The van der Waals surface area contributed by atoms with Crippen LogP contribution in [-0.2, 0) is 0 Å². The maximum atomic E-state index is 12.6. The number of rotatable bonds is 8. The Morgan fingerprint density at radius 3 is 2.41 bits per heavy atom. The second-order valence-electron chi connectivity index (χ2n) is 4.90. The van der Waals surface area contributed by atoms with E-state index in [0.29, 0.717) is 43.4 Å². The summed E-state index contributed by atoms with van der Waals surface area (Å²) in [5, 5.41) is 8.92. The molecule has 22 heavy (non-hydrogen) atoms. The van der Waals surface area contributed by atoms with Crippen LogP contribution in [0.3, 0.4) is 0 Å². The van der Waals surface area contributed by atoms with E-state index in [1.165, 1.54) is 0 Å². The normalized spacial score (nSPS) is 11.4. The van der Waals surface area contributed by atoms with E-state index in [4.69, 9.17) is 14.7 Å². The molecule has 0 aromatic heterocycles. The summed E-state index contributed by atoms with van der Waals surface area (Å²) in [6, 6.07) is 7.34. The summed E-state index contributed by atoms with van der Waals surface area (Å²) in [6.07, 6.45) is 0. The van der Waals surface area contributed by atoms with Gasteiger partial charge in [-0.25, -0.2) is 0 Å². The molecule has 1 atom stereocenters. The van der Waals surface area contributed by atoms with Crippen LogP contribution in [0.25, 0.3) is 0 Å². The summed E-state index contributed by atoms with van der Waals surface area (Å²) in [7, 11) is 0. The van der Waals surface area contributed by atoms with Crippen molar-refractivity contribution in [2.75, 3.05) is 26.3 Å². The molecule has 1 amide bonds. The zero-order chi connectivity index (χ0) is 16.5. The Morgan fingerprint density at radius 2 is 1.86 bits per heavy atom. The number of hydrogen-bond donors (Lipinski definition) is 0. The largest absolute Gasteiger partial charge is 0.490 e. The van der Waals surface area contributed by atoms with E-state index >= 15 is 0 Å². The molecule has 0 aliphatic carbocycles. The van der Waals surface area contributed by atoms with Crippen LogP contribution >= 0.6 is 0 Å². The fourth-order valence-corrected chi connectivity index (χ4v) is 2.09. The topological polar surface area (TPSA) is 62.6 Å². The minimum atomic E-state index is -0.196. The highest BCUT2D eigenvalue weighted by molar-refractivity contribution is 5.95. The van der Waals surface area contributed by atoms with Gasteiger partial charge in [-0.15, -0.1) is 0 Å². The van der Waals surface area contributed by atoms with Gasteiger partial charge >= 0.3 is 0 Å². The molecule has 0 N–H and O–H groups in total. The van der Waals surface area contributed by atoms with Crippen LogP contribution in [0.1, 0.15) is 38.1 Å². The van der Waals surface area contributed by atoms with E-state index in [0.717, 1.165) is 0 Å². The van der Waals surface area contributed by atoms with Crippen LogP contribution in [0.5, 0.6) is 11.5 Å². The minimum Gasteiger partial charge on any atom is -0.490 e. The quantitative estimate of drug-likeness (QED) is 0.740. The van der Waals surface area contributed by atoms with Crippen molar-refractivity contribution in [2.24, 2.45) is 5.92 Å². The van der Waals surface area contributed by atoms with Gasteiger partial charge in [-0.3, -0.25) is 4.79 Å². The maximum Gasteiger partial charge on any atom is 0.254 e. The van der Waals surface area contributed by atoms with Gasteiger partial charge in [0.15, 0.2) is 11.5 Å². The summed E-state index contributed by atoms with van der Waals surface area (Å²) in [5.74, 6) is 0.903. The fraction of sp³-hybridized carbons (Fsp3) is 0.529. The van der Waals surface area contributed by atoms with Crippen LogP contribution in [0.4, 0.5) is 0 Å². The number of amides is 1. The molecule has 0 aliphatic rings. The van der Waals surface area contributed by atoms with Crippen molar-refractivity contribution in [3.8, 4) is 17.6 Å². The lowest BCUT2D eigenvalue weighted by molar-refractivity contribution is 0.0752. The average molecular weight is 304 g/mol. The van der Waals surface area contributed by atoms with Crippen LogP contribution in [0.15, 0.2) is 18.2 Å². The van der Waals surface area contributed by atoms with E-state index in [-0.39, 0.29) is 11.8 Å². The monoisotopic (exact) mass is 304 g/mol. The molecule has 120 valence electrons. The van der Waals surface area contributed by atoms with E-state index in [2.05, 4.69) is 6.07 Å². The van der Waals surface area contributed by atoms with Gasteiger partial charge in [-0.05, 0) is 45.9 Å². The van der Waals surface area contributed by atoms with Crippen LogP contribution in [0.2, 0.25) is 0 Å². The molecular formula is C17H24N2O3. The van der Waals surface area contributed by atoms with Gasteiger partial charge in [-0.2, -0.15) is 5.26 Å². The van der Waals surface area contributed by atoms with Gasteiger partial charge in [0.1, 0.15) is 0 Å². The Kier molecular flexibility index (Phi) is 7.24. The van der Waals surface area contributed by atoms with E-state index in [1.807, 2.05) is 20.8 Å². The number of carbonyl (C=O) groups is 1. The highest BCUT2D eigenvalue weighted by Gasteiger charge is 2.18. The third-order valence-corrected chi connectivity index (χ3v) is 3.17. The van der Waals surface area contributed by atoms with Crippen LogP contribution in [-0.4, -0.2) is 37.1 Å². The molecule has 0 bridgehead atoms. The van der Waals surface area contributed by atoms with E-state index < -0.39 is 0 Å². The maximum absolute atomic E-state index is 12.6. The first kappa shape index (κ1) is 17.8. The number of benzene rings is 1. The average Bonchev–Trinajstić information content (AvgIpc) is 2.53. The summed E-state index contributed by atoms with van der Waals surface area (Å²) in [4.78, 5) is 14.2. The molecule has 5 heteroatoms. The molecule has 0 saturated heterocycles. The van der Waals surface area contributed by atoms with Gasteiger partial charge in [0.25, 0.3) is 5.91 Å². The number of carbonyl (C=O) groups excluding carboxylic acids is 1. The third-order valence-electron chi connectivity index (χ3n) is 3.17. The number of nitrogens with zero attached hydrogens (tertiary/aromatic N) is 2. The first-order chi connectivity index (χ1) is 10.6. The second-order valence-corrected chi connectivity index (χ2v) is 4.90. The Hall–Kier alpha value is -2.22. The van der Waals surface area contributed by atoms with Gasteiger partial charge in [-0.1, -0.05) is 0 Å². The summed E-state index contributed by atoms with van der Waals surface area (Å²) >= 11 is 0. The third kappa shape index (κ3) is 4.66. The molecule has 1 aromatic rings. The van der Waals surface area contributed by atoms with Crippen molar-refractivity contribution >= 4 is 5.91 Å². The fourth-order valence-electron chi connectivity index (χ4n) is 2.09. The van der Waals surface area contributed by atoms with Crippen molar-refractivity contribution in [3.05, 3.63) is 23.8 Å². The predicted molar refractivity (Wildman–Crippen MR) is 85.1 cm³/mol. The SMILES string of the molecule is CCOc1ccc(C(=O)N(CC)C[C@@H](C)C#N)cc1OCC. The standard InChI is InChI=1S/C17H24N2O3/c1-5-19(12-13(4)11-18)17(20)14-8-9-15(21-6-2)16(10-14)22-7-3/h8-10,13H,5-7,12H2,1-4H3/t13-/m0/s1. The number of nitriles is 1. The molecule has 0 heterocycles. The first-order valence-corrected chi connectivity index (χ1v) is 7.65. The van der Waals surface area contributed by atoms with Crippen molar-refractivity contribution in [1.82, 2.24) is 4.90 Å². The van der Waals surface area contributed by atoms with Crippen molar-refractivity contribution in [1.29, 1.82) is 5.26 Å².